The van der Waals surface area contributed by atoms with Crippen LogP contribution in [0.5, 0.6) is 0 Å². The van der Waals surface area contributed by atoms with Crippen LogP contribution >= 0.6 is 0 Å². The third-order valence-electron chi connectivity index (χ3n) is 4.23. The Balaban J connectivity index is 2.42. The summed E-state index contributed by atoms with van der Waals surface area (Å²) in [5, 5.41) is 5.57. The van der Waals surface area contributed by atoms with Crippen LogP contribution in [0.25, 0.3) is 0 Å². The Hall–Kier alpha value is -2.87. The van der Waals surface area contributed by atoms with Gasteiger partial charge in [0, 0.05) is 25.0 Å². The minimum atomic E-state index is -0.669. The summed E-state index contributed by atoms with van der Waals surface area (Å²) in [5.74, 6) is -0.802. The predicted molar refractivity (Wildman–Crippen MR) is 99.9 cm³/mol. The monoisotopic (exact) mass is 375 g/mol. The largest absolute Gasteiger partial charge is 0.466 e. The first kappa shape index (κ1) is 20.4. The minimum Gasteiger partial charge on any atom is -0.466 e. The van der Waals surface area contributed by atoms with Gasteiger partial charge in [-0.25, -0.2) is 9.59 Å². The molecular formula is C19H25N3O5. The molecule has 3 amide bonds. The second-order valence-electron chi connectivity index (χ2n) is 6.13. The van der Waals surface area contributed by atoms with Gasteiger partial charge in [-0.05, 0) is 31.0 Å². The molecule has 27 heavy (non-hydrogen) atoms. The number of urea groups is 1. The van der Waals surface area contributed by atoms with Crippen LogP contribution in [0.4, 0.5) is 10.5 Å². The average molecular weight is 375 g/mol. The van der Waals surface area contributed by atoms with E-state index in [1.165, 1.54) is 19.1 Å². The topological polar surface area (TPSA) is 97.0 Å². The molecule has 2 rings (SSSR count). The van der Waals surface area contributed by atoms with E-state index in [-0.39, 0.29) is 18.5 Å². The second kappa shape index (κ2) is 9.18. The van der Waals surface area contributed by atoms with E-state index in [0.717, 1.165) is 6.42 Å². The van der Waals surface area contributed by atoms with Gasteiger partial charge in [0.25, 0.3) is 0 Å². The van der Waals surface area contributed by atoms with Crippen molar-refractivity contribution in [2.24, 2.45) is 0 Å². The number of amides is 3. The number of nitrogens with zero attached hydrogens (tertiary/aromatic N) is 1. The Morgan fingerprint density at radius 1 is 1.30 bits per heavy atom. The van der Waals surface area contributed by atoms with Crippen LogP contribution in [-0.4, -0.2) is 50.2 Å². The Bertz CT molecular complexity index is 759. The van der Waals surface area contributed by atoms with E-state index < -0.39 is 12.0 Å². The number of methoxy groups -OCH3 is 2. The van der Waals surface area contributed by atoms with E-state index in [0.29, 0.717) is 29.1 Å². The first-order valence-electron chi connectivity index (χ1n) is 8.68. The van der Waals surface area contributed by atoms with Crippen LogP contribution in [0.2, 0.25) is 0 Å². The maximum atomic E-state index is 12.5. The molecule has 1 heterocycles. The van der Waals surface area contributed by atoms with Gasteiger partial charge in [0.1, 0.15) is 6.61 Å². The van der Waals surface area contributed by atoms with Crippen LogP contribution in [0.3, 0.4) is 0 Å². The summed E-state index contributed by atoms with van der Waals surface area (Å²) in [6, 6.07) is 6.01. The zero-order valence-electron chi connectivity index (χ0n) is 16.0. The van der Waals surface area contributed by atoms with Crippen LogP contribution in [0.15, 0.2) is 35.5 Å². The van der Waals surface area contributed by atoms with Gasteiger partial charge in [0.15, 0.2) is 0 Å². The fourth-order valence-corrected chi connectivity index (χ4v) is 3.02. The SMILES string of the molecule is CCCN1C(=O)NC(c2cccc(NC(=O)COC)c2)C(C(=O)OC)=C1C. The van der Waals surface area contributed by atoms with Crippen LogP contribution in [0.1, 0.15) is 31.9 Å². The van der Waals surface area contributed by atoms with Crippen molar-refractivity contribution in [3.8, 4) is 0 Å². The van der Waals surface area contributed by atoms with Crippen molar-refractivity contribution in [3.05, 3.63) is 41.1 Å². The molecule has 0 aliphatic carbocycles. The number of esters is 1. The van der Waals surface area contributed by atoms with Crippen LogP contribution in [0, 0.1) is 0 Å². The van der Waals surface area contributed by atoms with Crippen molar-refractivity contribution in [2.75, 3.05) is 32.7 Å². The molecule has 0 aromatic heterocycles. The molecule has 1 unspecified atom stereocenters. The van der Waals surface area contributed by atoms with E-state index in [1.54, 1.807) is 31.2 Å². The Kier molecular flexibility index (Phi) is 6.95. The molecule has 0 fully saturated rings. The van der Waals surface area contributed by atoms with Crippen molar-refractivity contribution in [1.29, 1.82) is 0 Å². The van der Waals surface area contributed by atoms with Gasteiger partial charge in [-0.2, -0.15) is 0 Å². The number of ether oxygens (including phenoxy) is 2. The van der Waals surface area contributed by atoms with Crippen molar-refractivity contribution >= 4 is 23.6 Å². The number of hydrogen-bond acceptors (Lipinski definition) is 5. The lowest BCUT2D eigenvalue weighted by Crippen LogP contribution is -2.48. The molecule has 0 saturated heterocycles. The van der Waals surface area contributed by atoms with Gasteiger partial charge in [0.2, 0.25) is 5.91 Å². The number of carbonyl (C=O) groups excluding carboxylic acids is 3. The summed E-state index contributed by atoms with van der Waals surface area (Å²) < 4.78 is 9.74. The molecule has 146 valence electrons. The normalized spacial score (nSPS) is 16.8. The zero-order valence-corrected chi connectivity index (χ0v) is 16.0. The summed E-state index contributed by atoms with van der Waals surface area (Å²) >= 11 is 0. The third-order valence-corrected chi connectivity index (χ3v) is 4.23. The highest BCUT2D eigenvalue weighted by Gasteiger charge is 2.35. The molecule has 8 heteroatoms. The van der Waals surface area contributed by atoms with E-state index in [2.05, 4.69) is 10.6 Å². The van der Waals surface area contributed by atoms with Gasteiger partial charge in [-0.3, -0.25) is 9.69 Å². The highest BCUT2D eigenvalue weighted by molar-refractivity contribution is 5.95. The van der Waals surface area contributed by atoms with Gasteiger partial charge in [0.05, 0.1) is 18.7 Å². The molecule has 0 bridgehead atoms. The van der Waals surface area contributed by atoms with E-state index in [4.69, 9.17) is 9.47 Å². The van der Waals surface area contributed by atoms with Gasteiger partial charge in [-0.1, -0.05) is 19.1 Å². The summed E-state index contributed by atoms with van der Waals surface area (Å²) in [4.78, 5) is 38.2. The number of nitrogens with one attached hydrogen (secondary N) is 2. The molecule has 0 radical (unpaired) electrons. The molecule has 0 saturated carbocycles. The fourth-order valence-electron chi connectivity index (χ4n) is 3.02. The van der Waals surface area contributed by atoms with Crippen LogP contribution < -0.4 is 10.6 Å². The highest BCUT2D eigenvalue weighted by Crippen LogP contribution is 2.32. The number of carbonyl (C=O) groups is 3. The zero-order chi connectivity index (χ0) is 20.0. The molecule has 1 aromatic rings. The number of rotatable bonds is 7. The van der Waals surface area contributed by atoms with Gasteiger partial charge in [-0.15, -0.1) is 0 Å². The van der Waals surface area contributed by atoms with E-state index >= 15 is 0 Å². The van der Waals surface area contributed by atoms with Crippen molar-refractivity contribution in [1.82, 2.24) is 10.2 Å². The van der Waals surface area contributed by atoms with Gasteiger partial charge < -0.3 is 20.1 Å². The minimum absolute atomic E-state index is 0.0667. The molecule has 0 spiro atoms. The number of hydrogen-bond donors (Lipinski definition) is 2. The van der Waals surface area contributed by atoms with Crippen molar-refractivity contribution in [2.45, 2.75) is 26.3 Å². The Morgan fingerprint density at radius 3 is 2.67 bits per heavy atom. The first-order chi connectivity index (χ1) is 12.9. The lowest BCUT2D eigenvalue weighted by molar-refractivity contribution is -0.136. The standard InChI is InChI=1S/C19H25N3O5/c1-5-9-22-12(2)16(18(24)27-4)17(21-19(22)25)13-7-6-8-14(10-13)20-15(23)11-26-3/h6-8,10,17H,5,9,11H2,1-4H3,(H,20,23)(H,21,25). The molecule has 1 aromatic carbocycles. The van der Waals surface area contributed by atoms with E-state index in [1.807, 2.05) is 6.92 Å². The van der Waals surface area contributed by atoms with Crippen LogP contribution in [-0.2, 0) is 19.1 Å². The maximum Gasteiger partial charge on any atom is 0.337 e. The molecule has 2 N–H and O–H groups in total. The van der Waals surface area contributed by atoms with Crippen molar-refractivity contribution < 1.29 is 23.9 Å². The lowest BCUT2D eigenvalue weighted by atomic mass is 9.94. The predicted octanol–water partition coefficient (Wildman–Crippen LogP) is 2.19. The maximum absolute atomic E-state index is 12.5. The molecule has 1 aliphatic rings. The first-order valence-corrected chi connectivity index (χ1v) is 8.68. The lowest BCUT2D eigenvalue weighted by Gasteiger charge is -2.35. The molecule has 1 aliphatic heterocycles. The molecular weight excluding hydrogens is 350 g/mol. The Morgan fingerprint density at radius 2 is 2.04 bits per heavy atom. The quantitative estimate of drug-likeness (QED) is 0.712. The highest BCUT2D eigenvalue weighted by atomic mass is 16.5. The number of benzene rings is 1. The van der Waals surface area contributed by atoms with Crippen molar-refractivity contribution in [3.63, 3.8) is 0 Å². The summed E-state index contributed by atoms with van der Waals surface area (Å²) in [6.07, 6.45) is 0.755. The average Bonchev–Trinajstić information content (AvgIpc) is 2.64. The third kappa shape index (κ3) is 4.65. The smallest absolute Gasteiger partial charge is 0.337 e. The molecule has 8 nitrogen and oxygen atoms in total. The number of anilines is 1. The summed E-state index contributed by atoms with van der Waals surface area (Å²) in [5.41, 5.74) is 2.13. The fraction of sp³-hybridized carbons (Fsp3) is 0.421. The Labute approximate surface area is 158 Å². The summed E-state index contributed by atoms with van der Waals surface area (Å²) in [6.45, 7) is 4.12. The summed E-state index contributed by atoms with van der Waals surface area (Å²) in [7, 11) is 2.74. The molecule has 1 atom stereocenters. The van der Waals surface area contributed by atoms with Gasteiger partial charge >= 0.3 is 12.0 Å². The number of allylic oxidation sites excluding steroid dienone is 1. The van der Waals surface area contributed by atoms with E-state index in [9.17, 15) is 14.4 Å². The second-order valence-corrected chi connectivity index (χ2v) is 6.13.